The lowest BCUT2D eigenvalue weighted by Gasteiger charge is -2.30. The van der Waals surface area contributed by atoms with E-state index < -0.39 is 8.32 Å². The van der Waals surface area contributed by atoms with Crippen molar-refractivity contribution in [3.05, 3.63) is 66.0 Å². The molecule has 0 bridgehead atoms. The second-order valence-electron chi connectivity index (χ2n) is 11.2. The fourth-order valence-corrected chi connectivity index (χ4v) is 8.78. The maximum Gasteiger partial charge on any atom is 0.269 e. The van der Waals surface area contributed by atoms with Gasteiger partial charge in [0.2, 0.25) is 0 Å². The lowest BCUT2D eigenvalue weighted by atomic mass is 9.95. The molecule has 0 spiro atoms. The van der Waals surface area contributed by atoms with E-state index in [1.807, 2.05) is 55.7 Å². The van der Waals surface area contributed by atoms with Gasteiger partial charge in [-0.25, -0.2) is 0 Å². The number of carbonyl (C=O) groups excluding carboxylic acids is 1. The number of carbonyl (C=O) groups is 1. The van der Waals surface area contributed by atoms with Crippen molar-refractivity contribution in [2.24, 2.45) is 5.92 Å². The number of fused-ring (bicyclic) bond motifs is 1. The van der Waals surface area contributed by atoms with Crippen LogP contribution in [0.1, 0.15) is 31.0 Å². The first-order chi connectivity index (χ1) is 18.7. The molecule has 4 atom stereocenters. The Morgan fingerprint density at radius 2 is 1.82 bits per heavy atom. The summed E-state index contributed by atoms with van der Waals surface area (Å²) in [5.74, 6) is 0.879. The fourth-order valence-electron chi connectivity index (χ4n) is 6.12. The van der Waals surface area contributed by atoms with Crippen LogP contribution in [0.15, 0.2) is 54.7 Å². The Balaban J connectivity index is 1.22. The zero-order valence-electron chi connectivity index (χ0n) is 22.9. The smallest absolute Gasteiger partial charge is 0.269 e. The predicted molar refractivity (Wildman–Crippen MR) is 151 cm³/mol. The molecule has 10 heteroatoms. The van der Waals surface area contributed by atoms with Gasteiger partial charge in [-0.2, -0.15) is 0 Å². The Labute approximate surface area is 230 Å². The molecule has 3 aromatic rings. The molecular formula is C29H38N4O5Si. The number of anilines is 2. The zero-order chi connectivity index (χ0) is 27.6. The summed E-state index contributed by atoms with van der Waals surface area (Å²) in [7, 11) is -2.46. The van der Waals surface area contributed by atoms with Crippen LogP contribution in [0.3, 0.4) is 0 Å². The van der Waals surface area contributed by atoms with Gasteiger partial charge in [0, 0.05) is 37.0 Å². The van der Waals surface area contributed by atoms with E-state index in [-0.39, 0.29) is 42.8 Å². The van der Waals surface area contributed by atoms with Crippen LogP contribution in [0.25, 0.3) is 0 Å². The predicted octanol–water partition coefficient (Wildman–Crippen LogP) is 3.86. The number of ether oxygens (including phenoxy) is 2. The number of benzene rings is 2. The van der Waals surface area contributed by atoms with Crippen LogP contribution in [-0.2, 0) is 28.9 Å². The summed E-state index contributed by atoms with van der Waals surface area (Å²) in [5.41, 5.74) is 3.69. The number of hydrogen-bond acceptors (Lipinski definition) is 7. The molecule has 2 aliphatic rings. The second kappa shape index (κ2) is 11.6. The number of aromatic nitrogens is 3. The number of aryl methyl sites for hydroxylation is 2. The van der Waals surface area contributed by atoms with Gasteiger partial charge in [0.25, 0.3) is 5.91 Å². The normalized spacial score (nSPS) is 23.1. The Kier molecular flexibility index (Phi) is 8.18. The molecular weight excluding hydrogens is 512 g/mol. The van der Waals surface area contributed by atoms with Gasteiger partial charge in [-0.1, -0.05) is 36.4 Å². The fraction of sp³-hybridized carbons (Fsp3) is 0.483. The molecule has 1 saturated heterocycles. The van der Waals surface area contributed by atoms with Crippen molar-refractivity contribution >= 4 is 25.6 Å². The molecule has 2 N–H and O–H groups in total. The van der Waals surface area contributed by atoms with Crippen LogP contribution in [0, 0.1) is 5.92 Å². The molecule has 0 radical (unpaired) electrons. The van der Waals surface area contributed by atoms with E-state index in [4.69, 9.17) is 14.6 Å². The topological polar surface area (TPSA) is 110 Å². The highest BCUT2D eigenvalue weighted by molar-refractivity contribution is 6.71. The minimum absolute atomic E-state index is 0.0306. The van der Waals surface area contributed by atoms with Crippen molar-refractivity contribution in [1.82, 2.24) is 15.0 Å². The van der Waals surface area contributed by atoms with E-state index in [0.717, 1.165) is 36.3 Å². The van der Waals surface area contributed by atoms with Gasteiger partial charge in [-0.05, 0) is 68.1 Å². The van der Waals surface area contributed by atoms with Gasteiger partial charge in [0.15, 0.2) is 14.9 Å². The molecule has 1 aromatic heterocycles. The van der Waals surface area contributed by atoms with E-state index >= 15 is 0 Å². The maximum atomic E-state index is 12.6. The number of aliphatic hydroxyl groups is 1. The number of para-hydroxylation sites is 2. The third kappa shape index (κ3) is 6.09. The van der Waals surface area contributed by atoms with Crippen molar-refractivity contribution in [2.45, 2.75) is 70.0 Å². The average molecular weight is 551 g/mol. The van der Waals surface area contributed by atoms with Crippen molar-refractivity contribution in [2.75, 3.05) is 18.1 Å². The SMILES string of the molecule is C[C@@H]1[C@@H]([Si](C)(C)O)[C@H](CCn2cc(CCO)nn2)O[C@@H]1CCc1ccc(N2C(=O)COc3ccccc32)cc1. The molecule has 3 heterocycles. The zero-order valence-corrected chi connectivity index (χ0v) is 23.9. The van der Waals surface area contributed by atoms with Gasteiger partial charge >= 0.3 is 0 Å². The van der Waals surface area contributed by atoms with Crippen molar-refractivity contribution in [3.63, 3.8) is 0 Å². The van der Waals surface area contributed by atoms with Gasteiger partial charge in [-0.15, -0.1) is 5.10 Å². The maximum absolute atomic E-state index is 12.6. The molecule has 2 aliphatic heterocycles. The third-order valence-corrected chi connectivity index (χ3v) is 10.5. The number of amides is 1. The number of aliphatic hydroxyl groups excluding tert-OH is 1. The first-order valence-corrected chi connectivity index (χ1v) is 16.8. The molecule has 1 amide bonds. The van der Waals surface area contributed by atoms with Crippen LogP contribution in [0.5, 0.6) is 5.75 Å². The quantitative estimate of drug-likeness (QED) is 0.369. The van der Waals surface area contributed by atoms with Crippen LogP contribution in [0.2, 0.25) is 18.6 Å². The van der Waals surface area contributed by atoms with Crippen LogP contribution in [0.4, 0.5) is 11.4 Å². The molecule has 0 unspecified atom stereocenters. The molecule has 2 aromatic carbocycles. The number of rotatable bonds is 10. The Morgan fingerprint density at radius 1 is 1.05 bits per heavy atom. The number of nitrogens with zero attached hydrogens (tertiary/aromatic N) is 4. The van der Waals surface area contributed by atoms with Gasteiger partial charge in [-0.3, -0.25) is 14.4 Å². The molecule has 9 nitrogen and oxygen atoms in total. The van der Waals surface area contributed by atoms with E-state index in [2.05, 4.69) is 29.4 Å². The van der Waals surface area contributed by atoms with E-state index in [1.165, 1.54) is 5.56 Å². The monoisotopic (exact) mass is 550 g/mol. The second-order valence-corrected chi connectivity index (χ2v) is 15.2. The van der Waals surface area contributed by atoms with E-state index in [1.54, 1.807) is 9.58 Å². The molecule has 5 rings (SSSR count). The van der Waals surface area contributed by atoms with Gasteiger partial charge in [0.1, 0.15) is 5.75 Å². The van der Waals surface area contributed by atoms with Crippen LogP contribution >= 0.6 is 0 Å². The molecule has 39 heavy (non-hydrogen) atoms. The summed E-state index contributed by atoms with van der Waals surface area (Å²) >= 11 is 0. The van der Waals surface area contributed by atoms with Crippen molar-refractivity contribution < 1.29 is 24.2 Å². The lowest BCUT2D eigenvalue weighted by Crippen LogP contribution is -2.40. The molecule has 1 fully saturated rings. The summed E-state index contributed by atoms with van der Waals surface area (Å²) in [4.78, 5) is 25.5. The summed E-state index contributed by atoms with van der Waals surface area (Å²) < 4.78 is 14.0. The highest BCUT2D eigenvalue weighted by Crippen LogP contribution is 2.45. The largest absolute Gasteiger partial charge is 0.482 e. The van der Waals surface area contributed by atoms with Crippen molar-refractivity contribution in [3.8, 4) is 5.75 Å². The van der Waals surface area contributed by atoms with Crippen LogP contribution < -0.4 is 9.64 Å². The standard InChI is InChI=1S/C29H38N4O5Si/c1-20-25(38-27(29(20)39(2,3)36)14-16-32-18-22(15-17-34)30-31-32)13-10-21-8-11-23(12-9-21)33-24-6-4-5-7-26(24)37-19-28(33)35/h4-9,11-12,18,20,25,27,29,34,36H,10,13-17,19H2,1-3H3/t20-,25+,27-,29+/m0/s1. The summed E-state index contributed by atoms with van der Waals surface area (Å²) in [6.45, 7) is 6.96. The Hall–Kier alpha value is -3.05. The average Bonchev–Trinajstić information content (AvgIpc) is 3.50. The highest BCUT2D eigenvalue weighted by Gasteiger charge is 2.49. The van der Waals surface area contributed by atoms with Gasteiger partial charge in [0.05, 0.1) is 23.6 Å². The van der Waals surface area contributed by atoms with E-state index in [0.29, 0.717) is 18.7 Å². The molecule has 0 saturated carbocycles. The first-order valence-electron chi connectivity index (χ1n) is 13.8. The minimum atomic E-state index is -2.46. The molecule has 0 aliphatic carbocycles. The van der Waals surface area contributed by atoms with Crippen LogP contribution in [-0.4, -0.2) is 64.5 Å². The lowest BCUT2D eigenvalue weighted by molar-refractivity contribution is -0.120. The van der Waals surface area contributed by atoms with Crippen molar-refractivity contribution in [1.29, 1.82) is 0 Å². The Morgan fingerprint density at radius 3 is 2.56 bits per heavy atom. The van der Waals surface area contributed by atoms with E-state index in [9.17, 15) is 9.59 Å². The summed E-state index contributed by atoms with van der Waals surface area (Å²) in [6.07, 6.45) is 4.87. The van der Waals surface area contributed by atoms with Gasteiger partial charge < -0.3 is 19.4 Å². The first kappa shape index (κ1) is 27.5. The summed E-state index contributed by atoms with van der Waals surface area (Å²) in [5, 5.41) is 17.4. The highest BCUT2D eigenvalue weighted by atomic mass is 28.4. The summed E-state index contributed by atoms with van der Waals surface area (Å²) in [6, 6.07) is 15.7. The minimum Gasteiger partial charge on any atom is -0.482 e. The molecule has 208 valence electrons. The third-order valence-electron chi connectivity index (χ3n) is 7.93. The number of hydrogen-bond donors (Lipinski definition) is 2. The Bertz CT molecular complexity index is 1280.